The van der Waals surface area contributed by atoms with Crippen LogP contribution in [0.4, 0.5) is 0 Å². The maximum atomic E-state index is 10.5. The van der Waals surface area contributed by atoms with E-state index in [-0.39, 0.29) is 0 Å². The molecule has 5 heteroatoms. The van der Waals surface area contributed by atoms with Gasteiger partial charge in [0, 0.05) is 10.7 Å². The Morgan fingerprint density at radius 1 is 1.12 bits per heavy atom. The van der Waals surface area contributed by atoms with Crippen LogP contribution < -0.4 is 0 Å². The van der Waals surface area contributed by atoms with Crippen LogP contribution in [0.25, 0.3) is 0 Å². The van der Waals surface area contributed by atoms with E-state index in [9.17, 15) is 8.42 Å². The predicted octanol–water partition coefficient (Wildman–Crippen LogP) is 1.16. The number of hydrogen-bond donors (Lipinski definition) is 0. The van der Waals surface area contributed by atoms with Crippen LogP contribution in [0.3, 0.4) is 0 Å². The molecule has 0 saturated carbocycles. The third-order valence-corrected chi connectivity index (χ3v) is 8.78. The number of hydrogen-bond acceptors (Lipinski definition) is 2. The first-order chi connectivity index (χ1) is 3.25. The summed E-state index contributed by atoms with van der Waals surface area (Å²) in [7, 11) is 0.131. The van der Waals surface area contributed by atoms with Gasteiger partial charge in [0.2, 0.25) is 0 Å². The normalized spacial score (nSPS) is 16.0. The van der Waals surface area contributed by atoms with Crippen LogP contribution in [-0.4, -0.2) is 27.2 Å². The SMILES string of the molecule is CS(C)(C)S(=O)(=O)Cl. The van der Waals surface area contributed by atoms with E-state index in [0.717, 1.165) is 0 Å². The molecule has 0 aliphatic rings. The number of halogens is 1. The fourth-order valence-electron chi connectivity index (χ4n) is 0. The molecule has 0 aromatic heterocycles. The summed E-state index contributed by atoms with van der Waals surface area (Å²) >= 11 is 0. The zero-order chi connectivity index (χ0) is 7.00. The summed E-state index contributed by atoms with van der Waals surface area (Å²) in [6.07, 6.45) is 4.90. The molecular formula is C3H9ClO2S2. The van der Waals surface area contributed by atoms with Crippen molar-refractivity contribution in [1.29, 1.82) is 0 Å². The maximum absolute atomic E-state index is 10.5. The Kier molecular flexibility index (Phi) is 2.23. The Balaban J connectivity index is 4.53. The molecule has 0 atom stereocenters. The van der Waals surface area contributed by atoms with Crippen LogP contribution in [0.5, 0.6) is 0 Å². The van der Waals surface area contributed by atoms with Crippen LogP contribution in [0, 0.1) is 0 Å². The molecule has 2 nitrogen and oxygen atoms in total. The lowest BCUT2D eigenvalue weighted by atomic mass is 11.9. The van der Waals surface area contributed by atoms with Crippen molar-refractivity contribution in [2.24, 2.45) is 0 Å². The smallest absolute Gasteiger partial charge is 0.202 e. The molecule has 0 fully saturated rings. The Hall–Kier alpha value is 0.590. The quantitative estimate of drug-likeness (QED) is 0.444. The molecule has 0 saturated heterocycles. The summed E-state index contributed by atoms with van der Waals surface area (Å²) < 4.78 is 20.9. The van der Waals surface area contributed by atoms with Crippen LogP contribution >= 0.6 is 19.7 Å². The summed E-state index contributed by atoms with van der Waals surface area (Å²) in [5, 5.41) is 0. The van der Waals surface area contributed by atoms with E-state index >= 15 is 0 Å². The zero-order valence-electron chi connectivity index (χ0n) is 5.01. The van der Waals surface area contributed by atoms with Gasteiger partial charge in [-0.05, 0) is 18.8 Å². The topological polar surface area (TPSA) is 34.1 Å². The molecule has 0 bridgehead atoms. The fourth-order valence-corrected chi connectivity index (χ4v) is 0. The molecule has 8 heavy (non-hydrogen) atoms. The fraction of sp³-hybridized carbons (Fsp3) is 1.00. The van der Waals surface area contributed by atoms with Gasteiger partial charge in [-0.2, -0.15) is 0 Å². The highest BCUT2D eigenvalue weighted by atomic mass is 35.8. The summed E-state index contributed by atoms with van der Waals surface area (Å²) in [5.41, 5.74) is 0. The minimum atomic E-state index is -3.28. The largest absolute Gasteiger partial charge is 0.267 e. The van der Waals surface area contributed by atoms with Crippen LogP contribution in [-0.2, 0) is 8.08 Å². The first-order valence-corrected chi connectivity index (χ1v) is 7.56. The minimum Gasteiger partial charge on any atom is -0.202 e. The van der Waals surface area contributed by atoms with Crippen LogP contribution in [0.2, 0.25) is 0 Å². The van der Waals surface area contributed by atoms with Crippen molar-refractivity contribution in [1.82, 2.24) is 0 Å². The molecule has 52 valence electrons. The second kappa shape index (κ2) is 2.08. The van der Waals surface area contributed by atoms with E-state index in [0.29, 0.717) is 0 Å². The van der Waals surface area contributed by atoms with Gasteiger partial charge in [-0.3, -0.25) is 0 Å². The lowest BCUT2D eigenvalue weighted by molar-refractivity contribution is 0.622. The Bertz CT molecular complexity index is 164. The van der Waals surface area contributed by atoms with Gasteiger partial charge in [0.25, 0.3) is 8.08 Å². The van der Waals surface area contributed by atoms with Gasteiger partial charge in [-0.25, -0.2) is 8.42 Å². The van der Waals surface area contributed by atoms with Crippen LogP contribution in [0.15, 0.2) is 0 Å². The predicted molar refractivity (Wildman–Crippen MR) is 40.1 cm³/mol. The second-order valence-corrected chi connectivity index (χ2v) is 12.4. The monoisotopic (exact) mass is 176 g/mol. The van der Waals surface area contributed by atoms with Crippen molar-refractivity contribution in [3.05, 3.63) is 0 Å². The standard InChI is InChI=1S/C3H9ClO2S2/c1-7(2,3)8(4,5)6/h1-3H3. The summed E-state index contributed by atoms with van der Waals surface area (Å²) in [4.78, 5) is 0. The Morgan fingerprint density at radius 2 is 1.25 bits per heavy atom. The molecule has 0 aromatic carbocycles. The van der Waals surface area contributed by atoms with Gasteiger partial charge >= 0.3 is 0 Å². The van der Waals surface area contributed by atoms with E-state index in [4.69, 9.17) is 10.7 Å². The van der Waals surface area contributed by atoms with E-state index in [1.165, 1.54) is 0 Å². The van der Waals surface area contributed by atoms with Gasteiger partial charge in [0.1, 0.15) is 0 Å². The molecule has 0 rings (SSSR count). The molecule has 0 unspecified atom stereocenters. The van der Waals surface area contributed by atoms with Crippen molar-refractivity contribution < 1.29 is 8.42 Å². The molecular weight excluding hydrogens is 168 g/mol. The lowest BCUT2D eigenvalue weighted by Crippen LogP contribution is -2.00. The van der Waals surface area contributed by atoms with Crippen molar-refractivity contribution >= 4 is 27.8 Å². The Morgan fingerprint density at radius 3 is 1.25 bits per heavy atom. The molecule has 0 spiro atoms. The summed E-state index contributed by atoms with van der Waals surface area (Å²) in [5.74, 6) is 0. The van der Waals surface area contributed by atoms with Crippen molar-refractivity contribution in [3.63, 3.8) is 0 Å². The third-order valence-electron chi connectivity index (χ3n) is 0.597. The number of rotatable bonds is 1. The van der Waals surface area contributed by atoms with Gasteiger partial charge in [0.15, 0.2) is 0 Å². The first kappa shape index (κ1) is 8.59. The molecule has 0 N–H and O–H groups in total. The van der Waals surface area contributed by atoms with Crippen molar-refractivity contribution in [3.8, 4) is 0 Å². The highest BCUT2D eigenvalue weighted by Crippen LogP contribution is 2.45. The summed E-state index contributed by atoms with van der Waals surface area (Å²) in [6.45, 7) is 0. The van der Waals surface area contributed by atoms with E-state index in [1.807, 2.05) is 0 Å². The van der Waals surface area contributed by atoms with E-state index in [1.54, 1.807) is 18.8 Å². The van der Waals surface area contributed by atoms with Gasteiger partial charge in [-0.1, -0.05) is 0 Å². The van der Waals surface area contributed by atoms with Gasteiger partial charge in [-0.15, -0.1) is 9.06 Å². The molecule has 0 aliphatic heterocycles. The zero-order valence-corrected chi connectivity index (χ0v) is 7.40. The minimum absolute atomic E-state index is 1.60. The summed E-state index contributed by atoms with van der Waals surface area (Å²) in [6, 6.07) is 0. The molecule has 0 heterocycles. The van der Waals surface area contributed by atoms with Crippen molar-refractivity contribution in [2.45, 2.75) is 0 Å². The second-order valence-electron chi connectivity index (χ2n) is 2.12. The van der Waals surface area contributed by atoms with E-state index < -0.39 is 17.1 Å². The van der Waals surface area contributed by atoms with Gasteiger partial charge < -0.3 is 0 Å². The highest BCUT2D eigenvalue weighted by Gasteiger charge is 2.19. The molecule has 0 aromatic rings. The van der Waals surface area contributed by atoms with Crippen LogP contribution in [0.1, 0.15) is 0 Å². The first-order valence-electron chi connectivity index (χ1n) is 1.88. The average molecular weight is 177 g/mol. The maximum Gasteiger partial charge on any atom is 0.267 e. The van der Waals surface area contributed by atoms with Crippen molar-refractivity contribution in [2.75, 3.05) is 18.8 Å². The highest BCUT2D eigenvalue weighted by molar-refractivity contribution is 8.95. The van der Waals surface area contributed by atoms with E-state index in [2.05, 4.69) is 0 Å². The lowest BCUT2D eigenvalue weighted by Gasteiger charge is -2.19. The third kappa shape index (κ3) is 2.24. The average Bonchev–Trinajstić information content (AvgIpc) is 1.25. The molecule has 0 amide bonds. The van der Waals surface area contributed by atoms with Gasteiger partial charge in [0.05, 0.1) is 0 Å². The Labute approximate surface area is 55.4 Å². The molecule has 0 radical (unpaired) electrons. The molecule has 0 aliphatic carbocycles.